The van der Waals surface area contributed by atoms with E-state index in [1.165, 1.54) is 11.0 Å². The van der Waals surface area contributed by atoms with Gasteiger partial charge in [0.05, 0.1) is 16.1 Å². The van der Waals surface area contributed by atoms with Gasteiger partial charge in [-0.2, -0.15) is 0 Å². The number of nitro benzene ring substituents is 1. The van der Waals surface area contributed by atoms with Gasteiger partial charge in [-0.3, -0.25) is 34.2 Å². The average Bonchev–Trinajstić information content (AvgIpc) is 3.02. The molecule has 0 bridgehead atoms. The number of nitrogens with zero attached hydrogens (tertiary/aromatic N) is 4. The predicted molar refractivity (Wildman–Crippen MR) is 120 cm³/mol. The highest BCUT2D eigenvalue weighted by molar-refractivity contribution is 6.22. The Labute approximate surface area is 201 Å². The molecule has 0 radical (unpaired) electrons. The minimum atomic E-state index is -0.756. The van der Waals surface area contributed by atoms with Crippen LogP contribution in [0.5, 0.6) is 0 Å². The number of rotatable bonds is 6. The summed E-state index contributed by atoms with van der Waals surface area (Å²) >= 11 is 0. The molecule has 0 saturated carbocycles. The van der Waals surface area contributed by atoms with Gasteiger partial charge in [0.2, 0.25) is 11.8 Å². The number of benzene rings is 1. The van der Waals surface area contributed by atoms with Crippen LogP contribution in [0.25, 0.3) is 0 Å². The Balaban J connectivity index is 1.47. The second-order valence-electron chi connectivity index (χ2n) is 9.12. The first kappa shape index (κ1) is 25.6. The predicted octanol–water partition coefficient (Wildman–Crippen LogP) is 0.776. The molecule has 0 spiro atoms. The SMILES string of the molecule is CC(C)(C)OC(=O)NCCC(=O)N1CCN(C(=O)CN2C(=O)c3ccc([N+](=O)[O-])cc3C2=O)CC1. The molecule has 2 aliphatic rings. The first-order valence-electron chi connectivity index (χ1n) is 11.0. The number of amides is 5. The first-order valence-corrected chi connectivity index (χ1v) is 11.0. The normalized spacial score (nSPS) is 15.7. The third-order valence-corrected chi connectivity index (χ3v) is 5.45. The number of hydrogen-bond donors (Lipinski definition) is 1. The fraction of sp³-hybridized carbons (Fsp3) is 0.500. The zero-order chi connectivity index (χ0) is 25.9. The molecule has 1 aromatic carbocycles. The lowest BCUT2D eigenvalue weighted by Gasteiger charge is -2.35. The molecule has 0 aromatic heterocycles. The monoisotopic (exact) mass is 489 g/mol. The van der Waals surface area contributed by atoms with Crippen molar-refractivity contribution >= 4 is 35.4 Å². The number of nitro groups is 1. The van der Waals surface area contributed by atoms with Crippen molar-refractivity contribution in [3.05, 3.63) is 39.4 Å². The maximum Gasteiger partial charge on any atom is 0.407 e. The first-order chi connectivity index (χ1) is 16.4. The molecule has 5 amide bonds. The van der Waals surface area contributed by atoms with Crippen LogP contribution in [0.3, 0.4) is 0 Å². The summed E-state index contributed by atoms with van der Waals surface area (Å²) in [7, 11) is 0. The molecule has 188 valence electrons. The fourth-order valence-electron chi connectivity index (χ4n) is 3.72. The minimum Gasteiger partial charge on any atom is -0.444 e. The molecule has 13 heteroatoms. The minimum absolute atomic E-state index is 0.0174. The van der Waals surface area contributed by atoms with Crippen molar-refractivity contribution in [2.45, 2.75) is 32.8 Å². The second kappa shape index (κ2) is 10.1. The Bertz CT molecular complexity index is 1070. The van der Waals surface area contributed by atoms with Crippen molar-refractivity contribution in [1.29, 1.82) is 0 Å². The Morgan fingerprint density at radius 1 is 1.00 bits per heavy atom. The highest BCUT2D eigenvalue weighted by atomic mass is 16.6. The van der Waals surface area contributed by atoms with E-state index in [-0.39, 0.29) is 61.9 Å². The summed E-state index contributed by atoms with van der Waals surface area (Å²) in [6.07, 6.45) is -0.530. The molecule has 35 heavy (non-hydrogen) atoms. The van der Waals surface area contributed by atoms with Gasteiger partial charge >= 0.3 is 6.09 Å². The van der Waals surface area contributed by atoms with Crippen LogP contribution in [0, 0.1) is 10.1 Å². The Morgan fingerprint density at radius 3 is 2.14 bits per heavy atom. The molecule has 3 rings (SSSR count). The Hall–Kier alpha value is -4.03. The Kier molecular flexibility index (Phi) is 7.37. The lowest BCUT2D eigenvalue weighted by atomic mass is 10.1. The molecule has 0 atom stereocenters. The van der Waals surface area contributed by atoms with Crippen LogP contribution in [0.4, 0.5) is 10.5 Å². The average molecular weight is 489 g/mol. The highest BCUT2D eigenvalue weighted by Gasteiger charge is 2.39. The number of nitrogens with one attached hydrogen (secondary N) is 1. The number of hydrogen-bond acceptors (Lipinski definition) is 8. The number of piperazine rings is 1. The van der Waals surface area contributed by atoms with E-state index in [2.05, 4.69) is 5.32 Å². The van der Waals surface area contributed by atoms with Crippen LogP contribution in [-0.4, -0.2) is 94.2 Å². The van der Waals surface area contributed by atoms with Crippen LogP contribution in [0.2, 0.25) is 0 Å². The molecule has 0 unspecified atom stereocenters. The number of alkyl carbamates (subject to hydrolysis) is 1. The largest absolute Gasteiger partial charge is 0.444 e. The van der Waals surface area contributed by atoms with Crippen LogP contribution >= 0.6 is 0 Å². The van der Waals surface area contributed by atoms with E-state index >= 15 is 0 Å². The number of imide groups is 1. The number of ether oxygens (including phenoxy) is 1. The summed E-state index contributed by atoms with van der Waals surface area (Å²) in [4.78, 5) is 76.0. The van der Waals surface area contributed by atoms with Gasteiger partial charge < -0.3 is 19.9 Å². The van der Waals surface area contributed by atoms with E-state index in [0.717, 1.165) is 17.0 Å². The van der Waals surface area contributed by atoms with Crippen LogP contribution in [0.1, 0.15) is 47.9 Å². The van der Waals surface area contributed by atoms with Gasteiger partial charge in [0.25, 0.3) is 17.5 Å². The van der Waals surface area contributed by atoms with Gasteiger partial charge in [-0.25, -0.2) is 4.79 Å². The van der Waals surface area contributed by atoms with E-state index in [0.29, 0.717) is 0 Å². The number of fused-ring (bicyclic) bond motifs is 1. The molecule has 13 nitrogen and oxygen atoms in total. The maximum absolute atomic E-state index is 12.7. The van der Waals surface area contributed by atoms with E-state index in [1.807, 2.05) is 0 Å². The molecule has 1 fully saturated rings. The van der Waals surface area contributed by atoms with Gasteiger partial charge in [0.1, 0.15) is 12.1 Å². The van der Waals surface area contributed by atoms with Crippen LogP contribution in [0.15, 0.2) is 18.2 Å². The van der Waals surface area contributed by atoms with E-state index < -0.39 is 40.9 Å². The zero-order valence-electron chi connectivity index (χ0n) is 19.7. The number of carbonyl (C=O) groups excluding carboxylic acids is 5. The summed E-state index contributed by atoms with van der Waals surface area (Å²) < 4.78 is 5.11. The van der Waals surface area contributed by atoms with Crippen molar-refractivity contribution in [2.24, 2.45) is 0 Å². The molecule has 1 N–H and O–H groups in total. The molecule has 2 heterocycles. The smallest absolute Gasteiger partial charge is 0.407 e. The molecule has 0 aliphatic carbocycles. The zero-order valence-corrected chi connectivity index (χ0v) is 19.7. The summed E-state index contributed by atoms with van der Waals surface area (Å²) in [5.74, 6) is -2.09. The maximum atomic E-state index is 12.7. The van der Waals surface area contributed by atoms with Crippen LogP contribution in [-0.2, 0) is 14.3 Å². The summed E-state index contributed by atoms with van der Waals surface area (Å²) in [5.41, 5.74) is -1.04. The number of non-ortho nitro benzene ring substituents is 1. The van der Waals surface area contributed by atoms with Gasteiger partial charge in [-0.15, -0.1) is 0 Å². The second-order valence-corrected chi connectivity index (χ2v) is 9.12. The summed E-state index contributed by atoms with van der Waals surface area (Å²) in [6, 6.07) is 3.37. The van der Waals surface area contributed by atoms with Crippen molar-refractivity contribution < 1.29 is 33.6 Å². The Morgan fingerprint density at radius 2 is 1.57 bits per heavy atom. The summed E-state index contributed by atoms with van der Waals surface area (Å²) in [6.45, 7) is 5.81. The van der Waals surface area contributed by atoms with Gasteiger partial charge in [0, 0.05) is 51.3 Å². The lowest BCUT2D eigenvalue weighted by molar-refractivity contribution is -0.384. The summed E-state index contributed by atoms with van der Waals surface area (Å²) in [5, 5.41) is 13.5. The van der Waals surface area contributed by atoms with E-state index in [9.17, 15) is 34.1 Å². The fourth-order valence-corrected chi connectivity index (χ4v) is 3.72. The third-order valence-electron chi connectivity index (χ3n) is 5.45. The standard InChI is InChI=1S/C22H27N5O8/c1-22(2,3)35-21(32)23-7-6-17(28)24-8-10-25(11-9-24)18(29)13-26-19(30)15-5-4-14(27(33)34)12-16(15)20(26)31/h4-5,12H,6-11,13H2,1-3H3,(H,23,32). The highest BCUT2D eigenvalue weighted by Crippen LogP contribution is 2.26. The third kappa shape index (κ3) is 6.11. The molecule has 1 saturated heterocycles. The van der Waals surface area contributed by atoms with Crippen LogP contribution < -0.4 is 5.32 Å². The van der Waals surface area contributed by atoms with E-state index in [1.54, 1.807) is 25.7 Å². The topological polar surface area (TPSA) is 159 Å². The molecular formula is C22H27N5O8. The molecule has 2 aliphatic heterocycles. The quantitative estimate of drug-likeness (QED) is 0.348. The van der Waals surface area contributed by atoms with Gasteiger partial charge in [-0.1, -0.05) is 0 Å². The van der Waals surface area contributed by atoms with Crippen molar-refractivity contribution in [3.8, 4) is 0 Å². The van der Waals surface area contributed by atoms with Gasteiger partial charge in [-0.05, 0) is 26.8 Å². The van der Waals surface area contributed by atoms with Crippen molar-refractivity contribution in [2.75, 3.05) is 39.3 Å². The molecular weight excluding hydrogens is 462 g/mol. The van der Waals surface area contributed by atoms with E-state index in [4.69, 9.17) is 4.74 Å². The lowest BCUT2D eigenvalue weighted by Crippen LogP contribution is -2.53. The van der Waals surface area contributed by atoms with Crippen molar-refractivity contribution in [3.63, 3.8) is 0 Å². The number of carbonyl (C=O) groups is 5. The van der Waals surface area contributed by atoms with Crippen molar-refractivity contribution in [1.82, 2.24) is 20.0 Å². The molecule has 1 aromatic rings. The van der Waals surface area contributed by atoms with Gasteiger partial charge in [0.15, 0.2) is 0 Å².